The third kappa shape index (κ3) is 3.81. The molecule has 0 atom stereocenters. The molecule has 0 saturated carbocycles. The molecule has 3 aromatic rings. The van der Waals surface area contributed by atoms with Gasteiger partial charge in [0.2, 0.25) is 11.7 Å². The second-order valence-corrected chi connectivity index (χ2v) is 6.54. The lowest BCUT2D eigenvalue weighted by Crippen LogP contribution is -2.28. The van der Waals surface area contributed by atoms with Gasteiger partial charge in [-0.2, -0.15) is 4.98 Å². The summed E-state index contributed by atoms with van der Waals surface area (Å²) in [5.74, 6) is 1.24. The van der Waals surface area contributed by atoms with Crippen LogP contribution >= 0.6 is 11.6 Å². The van der Waals surface area contributed by atoms with Crippen molar-refractivity contribution in [1.29, 1.82) is 0 Å². The molecule has 2 aromatic carbocycles. The summed E-state index contributed by atoms with van der Waals surface area (Å²) in [6.07, 6.45) is 3.32. The van der Waals surface area contributed by atoms with Crippen LogP contribution in [0.5, 0.6) is 0 Å². The smallest absolute Gasteiger partial charge is 0.241 e. The van der Waals surface area contributed by atoms with Gasteiger partial charge in [0.25, 0.3) is 0 Å². The fourth-order valence-electron chi connectivity index (χ4n) is 3.00. The predicted molar refractivity (Wildman–Crippen MR) is 99.1 cm³/mol. The first-order chi connectivity index (χ1) is 12.3. The van der Waals surface area contributed by atoms with Crippen LogP contribution in [0, 0.1) is 0 Å². The van der Waals surface area contributed by atoms with Gasteiger partial charge in [0.15, 0.2) is 0 Å². The van der Waals surface area contributed by atoms with Crippen LogP contribution in [0.1, 0.15) is 17.9 Å². The standard InChI is InChI=1S/C20H18ClN3O/c21-18-8-6-17(7-9-18)20-22-19(25-23-20)14-24-12-10-16(11-13-24)15-4-2-1-3-5-15/h1-10H,11-14H2. The molecule has 1 aliphatic heterocycles. The number of nitrogens with zero attached hydrogens (tertiary/aromatic N) is 3. The SMILES string of the molecule is Clc1ccc(-c2noc(CN3CC=C(c4ccccc4)CC3)n2)cc1. The summed E-state index contributed by atoms with van der Waals surface area (Å²) < 4.78 is 5.41. The van der Waals surface area contributed by atoms with Crippen molar-refractivity contribution in [1.82, 2.24) is 15.0 Å². The summed E-state index contributed by atoms with van der Waals surface area (Å²) >= 11 is 5.91. The van der Waals surface area contributed by atoms with Crippen molar-refractivity contribution in [2.24, 2.45) is 0 Å². The highest BCUT2D eigenvalue weighted by Crippen LogP contribution is 2.23. The van der Waals surface area contributed by atoms with Gasteiger partial charge in [0.05, 0.1) is 6.54 Å². The van der Waals surface area contributed by atoms with Crippen LogP contribution in [-0.2, 0) is 6.54 Å². The fourth-order valence-corrected chi connectivity index (χ4v) is 3.12. The Balaban J connectivity index is 1.41. The summed E-state index contributed by atoms with van der Waals surface area (Å²) in [6, 6.07) is 18.0. The molecular formula is C20H18ClN3O. The third-order valence-electron chi connectivity index (χ3n) is 4.37. The van der Waals surface area contributed by atoms with E-state index in [1.807, 2.05) is 30.3 Å². The monoisotopic (exact) mass is 351 g/mol. The number of hydrogen-bond donors (Lipinski definition) is 0. The third-order valence-corrected chi connectivity index (χ3v) is 4.62. The average molecular weight is 352 g/mol. The first-order valence-corrected chi connectivity index (χ1v) is 8.71. The normalized spacial score (nSPS) is 15.2. The van der Waals surface area contributed by atoms with Crippen LogP contribution in [0.2, 0.25) is 5.02 Å². The molecule has 0 spiro atoms. The molecule has 0 amide bonds. The van der Waals surface area contributed by atoms with Crippen LogP contribution in [0.15, 0.2) is 65.2 Å². The zero-order valence-corrected chi connectivity index (χ0v) is 14.5. The molecule has 1 aliphatic rings. The van der Waals surface area contributed by atoms with Crippen LogP contribution < -0.4 is 0 Å². The van der Waals surface area contributed by atoms with E-state index in [0.29, 0.717) is 23.3 Å². The first kappa shape index (κ1) is 16.1. The molecule has 0 saturated heterocycles. The van der Waals surface area contributed by atoms with Crippen molar-refractivity contribution in [2.45, 2.75) is 13.0 Å². The van der Waals surface area contributed by atoms with E-state index >= 15 is 0 Å². The van der Waals surface area contributed by atoms with Crippen molar-refractivity contribution in [3.05, 3.63) is 77.2 Å². The highest BCUT2D eigenvalue weighted by Gasteiger charge is 2.16. The van der Waals surface area contributed by atoms with E-state index in [0.717, 1.165) is 25.1 Å². The van der Waals surface area contributed by atoms with Gasteiger partial charge in [-0.1, -0.05) is 53.2 Å². The Morgan fingerprint density at radius 3 is 2.52 bits per heavy atom. The average Bonchev–Trinajstić information content (AvgIpc) is 3.12. The summed E-state index contributed by atoms with van der Waals surface area (Å²) in [6.45, 7) is 2.54. The molecule has 126 valence electrons. The lowest BCUT2D eigenvalue weighted by molar-refractivity contribution is 0.245. The molecule has 0 fully saturated rings. The highest BCUT2D eigenvalue weighted by atomic mass is 35.5. The molecule has 0 radical (unpaired) electrons. The second kappa shape index (κ2) is 7.21. The van der Waals surface area contributed by atoms with Crippen molar-refractivity contribution in [2.75, 3.05) is 13.1 Å². The topological polar surface area (TPSA) is 42.2 Å². The Bertz CT molecular complexity index is 871. The fraction of sp³-hybridized carbons (Fsp3) is 0.200. The summed E-state index contributed by atoms with van der Waals surface area (Å²) in [5.41, 5.74) is 3.62. The number of hydrogen-bond acceptors (Lipinski definition) is 4. The minimum absolute atomic E-state index is 0.601. The van der Waals surface area contributed by atoms with Crippen LogP contribution in [0.4, 0.5) is 0 Å². The molecule has 0 aliphatic carbocycles. The Kier molecular flexibility index (Phi) is 4.63. The summed E-state index contributed by atoms with van der Waals surface area (Å²) in [7, 11) is 0. The van der Waals surface area contributed by atoms with Gasteiger partial charge in [-0.15, -0.1) is 0 Å². The molecule has 1 aromatic heterocycles. The summed E-state index contributed by atoms with van der Waals surface area (Å²) in [4.78, 5) is 6.81. The Morgan fingerprint density at radius 1 is 1.00 bits per heavy atom. The first-order valence-electron chi connectivity index (χ1n) is 8.33. The van der Waals surface area contributed by atoms with Gasteiger partial charge in [0, 0.05) is 23.7 Å². The molecule has 0 bridgehead atoms. The van der Waals surface area contributed by atoms with Gasteiger partial charge in [-0.25, -0.2) is 0 Å². The largest absolute Gasteiger partial charge is 0.338 e. The zero-order valence-electron chi connectivity index (χ0n) is 13.7. The van der Waals surface area contributed by atoms with E-state index in [4.69, 9.17) is 16.1 Å². The maximum Gasteiger partial charge on any atom is 0.241 e. The van der Waals surface area contributed by atoms with E-state index in [2.05, 4.69) is 45.4 Å². The molecule has 4 rings (SSSR count). The highest BCUT2D eigenvalue weighted by molar-refractivity contribution is 6.30. The van der Waals surface area contributed by atoms with Gasteiger partial charge < -0.3 is 4.52 Å². The van der Waals surface area contributed by atoms with Crippen molar-refractivity contribution < 1.29 is 4.52 Å². The van der Waals surface area contributed by atoms with E-state index in [9.17, 15) is 0 Å². The van der Waals surface area contributed by atoms with Crippen LogP contribution in [0.3, 0.4) is 0 Å². The van der Waals surface area contributed by atoms with Crippen LogP contribution in [0.25, 0.3) is 17.0 Å². The predicted octanol–water partition coefficient (Wildman–Crippen LogP) is 4.68. The Morgan fingerprint density at radius 2 is 1.80 bits per heavy atom. The lowest BCUT2D eigenvalue weighted by atomic mass is 10.00. The molecular weight excluding hydrogens is 334 g/mol. The van der Waals surface area contributed by atoms with Crippen molar-refractivity contribution in [3.63, 3.8) is 0 Å². The maximum absolute atomic E-state index is 5.91. The van der Waals surface area contributed by atoms with Crippen LogP contribution in [-0.4, -0.2) is 28.1 Å². The van der Waals surface area contributed by atoms with Gasteiger partial charge in [0.1, 0.15) is 0 Å². The minimum Gasteiger partial charge on any atom is -0.338 e. The lowest BCUT2D eigenvalue weighted by Gasteiger charge is -2.24. The summed E-state index contributed by atoms with van der Waals surface area (Å²) in [5, 5.41) is 4.77. The van der Waals surface area contributed by atoms with Gasteiger partial charge in [-0.05, 0) is 41.8 Å². The van der Waals surface area contributed by atoms with Gasteiger partial charge >= 0.3 is 0 Å². The maximum atomic E-state index is 5.91. The van der Waals surface area contributed by atoms with Gasteiger partial charge in [-0.3, -0.25) is 4.90 Å². The molecule has 0 N–H and O–H groups in total. The molecule has 2 heterocycles. The molecule has 4 nitrogen and oxygen atoms in total. The molecule has 5 heteroatoms. The number of aromatic nitrogens is 2. The number of benzene rings is 2. The number of halogens is 1. The van der Waals surface area contributed by atoms with E-state index < -0.39 is 0 Å². The number of rotatable bonds is 4. The second-order valence-electron chi connectivity index (χ2n) is 6.10. The van der Waals surface area contributed by atoms with Crippen molar-refractivity contribution in [3.8, 4) is 11.4 Å². The minimum atomic E-state index is 0.601. The zero-order chi connectivity index (χ0) is 17.1. The van der Waals surface area contributed by atoms with Crippen molar-refractivity contribution >= 4 is 17.2 Å². The quantitative estimate of drug-likeness (QED) is 0.684. The van der Waals surface area contributed by atoms with E-state index in [-0.39, 0.29) is 0 Å². The molecule has 25 heavy (non-hydrogen) atoms. The van der Waals surface area contributed by atoms with E-state index in [1.54, 1.807) is 0 Å². The molecule has 0 unspecified atom stereocenters. The Hall–Kier alpha value is -2.43. The Labute approximate surface area is 151 Å². The van der Waals surface area contributed by atoms with E-state index in [1.165, 1.54) is 11.1 Å².